The minimum Gasteiger partial charge on any atom is -0.294 e. The number of ketones is 1. The van der Waals surface area contributed by atoms with Crippen LogP contribution in [0.4, 0.5) is 0 Å². The van der Waals surface area contributed by atoms with Crippen LogP contribution in [0.5, 0.6) is 0 Å². The molecule has 0 atom stereocenters. The molecule has 0 N–H and O–H groups in total. The second-order valence-electron chi connectivity index (χ2n) is 4.62. The number of pyridine rings is 1. The molecule has 0 bridgehead atoms. The van der Waals surface area contributed by atoms with Gasteiger partial charge in [-0.15, -0.1) is 0 Å². The second-order valence-corrected chi connectivity index (χ2v) is 5.54. The van der Waals surface area contributed by atoms with Gasteiger partial charge in [0.1, 0.15) is 0 Å². The zero-order chi connectivity index (χ0) is 14.7. The Morgan fingerprint density at radius 1 is 1.14 bits per heavy atom. The second kappa shape index (κ2) is 6.01. The highest BCUT2D eigenvalue weighted by Crippen LogP contribution is 2.13. The van der Waals surface area contributed by atoms with Crippen LogP contribution in [0.25, 0.3) is 5.69 Å². The maximum Gasteiger partial charge on any atom is 0.170 e. The number of para-hydroxylation sites is 1. The smallest absolute Gasteiger partial charge is 0.170 e. The predicted molar refractivity (Wildman–Crippen MR) is 83.5 cm³/mol. The lowest BCUT2D eigenvalue weighted by atomic mass is 10.1. The Bertz CT molecular complexity index is 768. The third kappa shape index (κ3) is 3.25. The van der Waals surface area contributed by atoms with Gasteiger partial charge in [0.05, 0.1) is 17.4 Å². The van der Waals surface area contributed by atoms with Crippen LogP contribution in [0.2, 0.25) is 0 Å². The summed E-state index contributed by atoms with van der Waals surface area (Å²) in [5.74, 6) is 0.0251. The molecule has 0 aliphatic carbocycles. The Balaban J connectivity index is 1.78. The summed E-state index contributed by atoms with van der Waals surface area (Å²) in [5, 5.41) is 4.24. The lowest BCUT2D eigenvalue weighted by Gasteiger charge is -2.00. The van der Waals surface area contributed by atoms with Crippen molar-refractivity contribution >= 4 is 21.7 Å². The molecular formula is C16H12BrN3O. The maximum atomic E-state index is 12.3. The van der Waals surface area contributed by atoms with Crippen molar-refractivity contribution in [3.63, 3.8) is 0 Å². The van der Waals surface area contributed by atoms with Gasteiger partial charge in [-0.1, -0.05) is 18.2 Å². The number of benzene rings is 1. The number of carbonyl (C=O) groups excluding carboxylic acids is 1. The van der Waals surface area contributed by atoms with Crippen molar-refractivity contribution in [2.75, 3.05) is 0 Å². The molecule has 1 aromatic carbocycles. The van der Waals surface area contributed by atoms with Crippen molar-refractivity contribution in [1.82, 2.24) is 14.8 Å². The van der Waals surface area contributed by atoms with E-state index in [2.05, 4.69) is 26.0 Å². The van der Waals surface area contributed by atoms with Gasteiger partial charge in [-0.3, -0.25) is 9.78 Å². The molecule has 0 amide bonds. The largest absolute Gasteiger partial charge is 0.294 e. The molecule has 3 rings (SSSR count). The molecule has 0 aliphatic rings. The van der Waals surface area contributed by atoms with Crippen molar-refractivity contribution in [2.24, 2.45) is 0 Å². The standard InChI is InChI=1S/C16H12BrN3O/c17-14-6-12(8-18-10-14)7-16(21)13-9-19-20(11-13)15-4-2-1-3-5-15/h1-6,8-11H,7H2. The van der Waals surface area contributed by atoms with Gasteiger partial charge < -0.3 is 0 Å². The molecule has 0 unspecified atom stereocenters. The minimum absolute atomic E-state index is 0.0251. The van der Waals surface area contributed by atoms with Crippen LogP contribution in [-0.2, 0) is 6.42 Å². The van der Waals surface area contributed by atoms with Gasteiger partial charge in [-0.25, -0.2) is 4.68 Å². The van der Waals surface area contributed by atoms with Crippen molar-refractivity contribution in [1.29, 1.82) is 0 Å². The number of carbonyl (C=O) groups is 1. The number of aromatic nitrogens is 3. The number of Topliss-reactive ketones (excluding diaryl/α,β-unsaturated/α-hetero) is 1. The molecule has 0 radical (unpaired) electrons. The number of nitrogens with zero attached hydrogens (tertiary/aromatic N) is 3. The molecule has 5 heteroatoms. The van der Waals surface area contributed by atoms with Gasteiger partial charge in [0.15, 0.2) is 5.78 Å². The first-order valence-corrected chi connectivity index (χ1v) is 7.24. The molecular weight excluding hydrogens is 330 g/mol. The van der Waals surface area contributed by atoms with Crippen LogP contribution in [0, 0.1) is 0 Å². The molecule has 0 aliphatic heterocycles. The Kier molecular flexibility index (Phi) is 3.92. The highest BCUT2D eigenvalue weighted by molar-refractivity contribution is 9.10. The zero-order valence-electron chi connectivity index (χ0n) is 11.1. The number of rotatable bonds is 4. The highest BCUT2D eigenvalue weighted by atomic mass is 79.9. The van der Waals surface area contributed by atoms with E-state index in [-0.39, 0.29) is 5.78 Å². The molecule has 21 heavy (non-hydrogen) atoms. The molecule has 0 saturated carbocycles. The number of hydrogen-bond donors (Lipinski definition) is 0. The predicted octanol–water partition coefficient (Wildman–Crippen LogP) is 3.46. The van der Waals surface area contributed by atoms with Crippen LogP contribution in [0.1, 0.15) is 15.9 Å². The lowest BCUT2D eigenvalue weighted by molar-refractivity contribution is 0.0993. The summed E-state index contributed by atoms with van der Waals surface area (Å²) in [6.45, 7) is 0. The Labute approximate surface area is 130 Å². The van der Waals surface area contributed by atoms with E-state index in [4.69, 9.17) is 0 Å². The molecule has 4 nitrogen and oxygen atoms in total. The van der Waals surface area contributed by atoms with Crippen LogP contribution in [0.15, 0.2) is 65.7 Å². The first kappa shape index (κ1) is 13.7. The van der Waals surface area contributed by atoms with Crippen LogP contribution < -0.4 is 0 Å². The average Bonchev–Trinajstić information content (AvgIpc) is 2.98. The van der Waals surface area contributed by atoms with Gasteiger partial charge in [0.2, 0.25) is 0 Å². The molecule has 2 aromatic heterocycles. The van der Waals surface area contributed by atoms with Gasteiger partial charge in [-0.2, -0.15) is 5.10 Å². The fourth-order valence-corrected chi connectivity index (χ4v) is 2.44. The fourth-order valence-electron chi connectivity index (χ4n) is 2.03. The zero-order valence-corrected chi connectivity index (χ0v) is 12.7. The summed E-state index contributed by atoms with van der Waals surface area (Å²) in [4.78, 5) is 16.3. The normalized spacial score (nSPS) is 10.5. The summed E-state index contributed by atoms with van der Waals surface area (Å²) in [7, 11) is 0. The van der Waals surface area contributed by atoms with E-state index in [0.29, 0.717) is 12.0 Å². The van der Waals surface area contributed by atoms with Gasteiger partial charge in [-0.05, 0) is 39.7 Å². The van der Waals surface area contributed by atoms with E-state index in [1.807, 2.05) is 36.4 Å². The van der Waals surface area contributed by atoms with Crippen molar-refractivity contribution in [3.05, 3.63) is 76.8 Å². The molecule has 104 valence electrons. The van der Waals surface area contributed by atoms with Gasteiger partial charge in [0.25, 0.3) is 0 Å². The molecule has 2 heterocycles. The van der Waals surface area contributed by atoms with Crippen molar-refractivity contribution < 1.29 is 4.79 Å². The maximum absolute atomic E-state index is 12.3. The number of hydrogen-bond acceptors (Lipinski definition) is 3. The first-order valence-electron chi connectivity index (χ1n) is 6.45. The van der Waals surface area contributed by atoms with E-state index in [1.165, 1.54) is 0 Å². The molecule has 0 spiro atoms. The minimum atomic E-state index is 0.0251. The summed E-state index contributed by atoms with van der Waals surface area (Å²) in [6.07, 6.45) is 7.06. The van der Waals surface area contributed by atoms with Gasteiger partial charge >= 0.3 is 0 Å². The van der Waals surface area contributed by atoms with E-state index in [9.17, 15) is 4.79 Å². The average molecular weight is 342 g/mol. The van der Waals surface area contributed by atoms with Crippen LogP contribution in [0.3, 0.4) is 0 Å². The Morgan fingerprint density at radius 2 is 1.95 bits per heavy atom. The summed E-state index contributed by atoms with van der Waals surface area (Å²) in [5.41, 5.74) is 2.40. The first-order chi connectivity index (χ1) is 10.2. The molecule has 0 saturated heterocycles. The third-order valence-corrected chi connectivity index (χ3v) is 3.49. The topological polar surface area (TPSA) is 47.8 Å². The summed E-state index contributed by atoms with van der Waals surface area (Å²) in [6, 6.07) is 11.6. The molecule has 3 aromatic rings. The monoisotopic (exact) mass is 341 g/mol. The highest BCUT2D eigenvalue weighted by Gasteiger charge is 2.11. The summed E-state index contributed by atoms with van der Waals surface area (Å²) < 4.78 is 2.57. The van der Waals surface area contributed by atoms with E-state index >= 15 is 0 Å². The van der Waals surface area contributed by atoms with E-state index in [1.54, 1.807) is 29.5 Å². The quantitative estimate of drug-likeness (QED) is 0.683. The van der Waals surface area contributed by atoms with Crippen LogP contribution >= 0.6 is 15.9 Å². The Morgan fingerprint density at radius 3 is 2.71 bits per heavy atom. The number of halogens is 1. The Hall–Kier alpha value is -2.27. The van der Waals surface area contributed by atoms with Crippen molar-refractivity contribution in [2.45, 2.75) is 6.42 Å². The third-order valence-electron chi connectivity index (χ3n) is 3.05. The lowest BCUT2D eigenvalue weighted by Crippen LogP contribution is -2.03. The summed E-state index contributed by atoms with van der Waals surface area (Å²) >= 11 is 3.35. The van der Waals surface area contributed by atoms with Crippen molar-refractivity contribution in [3.8, 4) is 5.69 Å². The fraction of sp³-hybridized carbons (Fsp3) is 0.0625. The molecule has 0 fully saturated rings. The van der Waals surface area contributed by atoms with E-state index < -0.39 is 0 Å². The van der Waals surface area contributed by atoms with E-state index in [0.717, 1.165) is 15.7 Å². The van der Waals surface area contributed by atoms with Gasteiger partial charge in [0, 0.05) is 29.5 Å². The van der Waals surface area contributed by atoms with Crippen LogP contribution in [-0.4, -0.2) is 20.5 Å². The SMILES string of the molecule is O=C(Cc1cncc(Br)c1)c1cnn(-c2ccccc2)c1.